The third-order valence-electron chi connectivity index (χ3n) is 6.00. The first-order valence-electron chi connectivity index (χ1n) is 12.4. The number of carbonyl (C=O) groups excluding carboxylic acids is 3. The lowest BCUT2D eigenvalue weighted by Crippen LogP contribution is -3.00. The summed E-state index contributed by atoms with van der Waals surface area (Å²) in [6.07, 6.45) is 2.41. The van der Waals surface area contributed by atoms with Gasteiger partial charge in [0.1, 0.15) is 11.7 Å². The van der Waals surface area contributed by atoms with E-state index in [1.165, 1.54) is 4.90 Å². The Labute approximate surface area is 265 Å². The van der Waals surface area contributed by atoms with E-state index in [0.29, 0.717) is 31.6 Å². The molecule has 0 radical (unpaired) electrons. The van der Waals surface area contributed by atoms with Gasteiger partial charge < -0.3 is 82.4 Å². The number of aromatic amines is 1. The lowest BCUT2D eigenvalue weighted by Gasteiger charge is -2.24. The standard InChI is InChI=1S/C27H35N7O3.4ClH/c28-12-14-34(15-13-29)25(35)17-22(30)26(36)33-24(11-10-19-6-2-1-3-7-19)27(37)32-21-16-20-8-4-5-9-23(20)31-18-21;;;;/h1-9,16,18,22,24H,10-15,17,28-30H2,(H,32,37)(H,33,36);4*1H/p-3/t22-,24+;;;;/m0..../s1. The van der Waals surface area contributed by atoms with Gasteiger partial charge in [0.05, 0.1) is 12.5 Å². The number of nitrogens with one attached hydrogen (secondary N) is 3. The van der Waals surface area contributed by atoms with Crippen LogP contribution in [0, 0.1) is 0 Å². The molecule has 3 aromatic rings. The maximum absolute atomic E-state index is 13.2. The number of anilines is 1. The molecule has 1 heterocycles. The number of nitrogens with zero attached hydrogens (tertiary/aromatic N) is 1. The number of pyridine rings is 1. The van der Waals surface area contributed by atoms with Crippen LogP contribution in [-0.2, 0) is 20.8 Å². The second-order valence-corrected chi connectivity index (χ2v) is 8.82. The van der Waals surface area contributed by atoms with Gasteiger partial charge in [-0.1, -0.05) is 42.5 Å². The molecule has 2 aromatic carbocycles. The average molecular weight is 648 g/mol. The number of aromatic nitrogens is 1. The van der Waals surface area contributed by atoms with Crippen molar-refractivity contribution in [2.75, 3.05) is 31.5 Å². The van der Waals surface area contributed by atoms with Crippen molar-refractivity contribution in [3.63, 3.8) is 0 Å². The highest BCUT2D eigenvalue weighted by Gasteiger charge is 2.27. The zero-order chi connectivity index (χ0) is 26.6. The molecule has 0 fully saturated rings. The first-order chi connectivity index (χ1) is 17.9. The number of para-hydroxylation sites is 1. The topological polar surface area (TPSA) is 171 Å². The van der Waals surface area contributed by atoms with E-state index in [-0.39, 0.29) is 81.0 Å². The predicted molar refractivity (Wildman–Crippen MR) is 143 cm³/mol. The third kappa shape index (κ3) is 12.8. The van der Waals surface area contributed by atoms with Crippen LogP contribution in [0.25, 0.3) is 10.9 Å². The molecule has 10 nitrogen and oxygen atoms in total. The summed E-state index contributed by atoms with van der Waals surface area (Å²) >= 11 is 0. The van der Waals surface area contributed by atoms with Crippen molar-refractivity contribution in [3.05, 3.63) is 72.4 Å². The van der Waals surface area contributed by atoms with Crippen molar-refractivity contribution in [2.24, 2.45) is 17.2 Å². The molecule has 0 saturated carbocycles. The molecule has 3 rings (SSSR count). The van der Waals surface area contributed by atoms with Gasteiger partial charge in [-0.05, 0) is 30.5 Å². The Morgan fingerprint density at radius 2 is 1.46 bits per heavy atom. The van der Waals surface area contributed by atoms with Gasteiger partial charge in [0, 0.05) is 37.6 Å². The molecule has 1 aromatic heterocycles. The fourth-order valence-electron chi connectivity index (χ4n) is 4.01. The van der Waals surface area contributed by atoms with E-state index in [9.17, 15) is 14.4 Å². The summed E-state index contributed by atoms with van der Waals surface area (Å²) in [6.45, 7) is 1.22. The van der Waals surface area contributed by atoms with Gasteiger partial charge in [0.25, 0.3) is 0 Å². The maximum Gasteiger partial charge on any atom is 0.247 e. The Morgan fingerprint density at radius 3 is 2.10 bits per heavy atom. The minimum atomic E-state index is -1.12. The minimum Gasteiger partial charge on any atom is -1.00 e. The molecule has 9 N–H and O–H groups in total. The smallest absolute Gasteiger partial charge is 0.247 e. The van der Waals surface area contributed by atoms with E-state index in [2.05, 4.69) is 15.6 Å². The number of H-pyrrole nitrogens is 1. The number of nitrogens with two attached hydrogens (primary N) is 3. The number of halogens is 4. The van der Waals surface area contributed by atoms with E-state index in [4.69, 9.17) is 17.2 Å². The van der Waals surface area contributed by atoms with Crippen molar-refractivity contribution in [2.45, 2.75) is 31.3 Å². The summed E-state index contributed by atoms with van der Waals surface area (Å²) in [4.78, 5) is 43.4. The molecule has 0 aliphatic heterocycles. The van der Waals surface area contributed by atoms with Crippen LogP contribution < -0.4 is 82.4 Å². The van der Waals surface area contributed by atoms with Crippen LogP contribution in [0.5, 0.6) is 0 Å². The zero-order valence-electron chi connectivity index (χ0n) is 22.4. The van der Waals surface area contributed by atoms with E-state index >= 15 is 0 Å². The summed E-state index contributed by atoms with van der Waals surface area (Å²) in [6, 6.07) is 17.3. The van der Waals surface area contributed by atoms with Crippen LogP contribution in [-0.4, -0.2) is 60.9 Å². The number of amides is 3. The van der Waals surface area contributed by atoms with Crippen molar-refractivity contribution < 1.29 is 69.0 Å². The van der Waals surface area contributed by atoms with Gasteiger partial charge in [-0.3, -0.25) is 14.4 Å². The van der Waals surface area contributed by atoms with Gasteiger partial charge in [-0.25, -0.2) is 4.98 Å². The molecular weight excluding hydrogens is 612 g/mol. The van der Waals surface area contributed by atoms with Gasteiger partial charge in [0.15, 0.2) is 6.20 Å². The molecular formula is C27H36Cl4N7O3-3. The number of carbonyl (C=O) groups is 3. The van der Waals surface area contributed by atoms with E-state index in [0.717, 1.165) is 16.5 Å². The molecule has 41 heavy (non-hydrogen) atoms. The molecule has 0 spiro atoms. The molecule has 0 bridgehead atoms. The summed E-state index contributed by atoms with van der Waals surface area (Å²) in [7, 11) is 0. The van der Waals surface area contributed by atoms with Crippen LogP contribution in [0.4, 0.5) is 5.69 Å². The second-order valence-electron chi connectivity index (χ2n) is 8.82. The first-order valence-corrected chi connectivity index (χ1v) is 12.4. The van der Waals surface area contributed by atoms with Crippen molar-refractivity contribution in [1.29, 1.82) is 0 Å². The highest BCUT2D eigenvalue weighted by atomic mass is 35.5. The van der Waals surface area contributed by atoms with E-state index < -0.39 is 18.0 Å². The summed E-state index contributed by atoms with van der Waals surface area (Å²) < 4.78 is 0. The molecule has 2 atom stereocenters. The number of benzene rings is 2. The number of aryl methyl sites for hydroxylation is 1. The fourth-order valence-corrected chi connectivity index (χ4v) is 4.01. The maximum atomic E-state index is 13.2. The lowest BCUT2D eigenvalue weighted by molar-refractivity contribution is -0.343. The molecule has 0 saturated heterocycles. The third-order valence-corrected chi connectivity index (χ3v) is 6.00. The summed E-state index contributed by atoms with van der Waals surface area (Å²) in [5.41, 5.74) is 19.7. The molecule has 14 heteroatoms. The molecule has 0 unspecified atom stereocenters. The van der Waals surface area contributed by atoms with Crippen LogP contribution in [0.1, 0.15) is 18.4 Å². The fraction of sp³-hybridized carbons (Fsp3) is 0.333. The monoisotopic (exact) mass is 646 g/mol. The number of hydrogen-bond acceptors (Lipinski definition) is 6. The Bertz CT molecular complexity index is 1200. The first kappa shape index (κ1) is 40.4. The molecule has 3 amide bonds. The van der Waals surface area contributed by atoms with Crippen molar-refractivity contribution in [1.82, 2.24) is 10.2 Å². The second kappa shape index (κ2) is 21.1. The van der Waals surface area contributed by atoms with Crippen LogP contribution in [0.3, 0.4) is 0 Å². The molecule has 0 aliphatic carbocycles. The molecule has 228 valence electrons. The predicted octanol–water partition coefficient (Wildman–Crippen LogP) is -11.8. The van der Waals surface area contributed by atoms with Crippen molar-refractivity contribution >= 4 is 34.3 Å². The Kier molecular flexibility index (Phi) is 20.8. The van der Waals surface area contributed by atoms with Gasteiger partial charge >= 0.3 is 0 Å². The highest BCUT2D eigenvalue weighted by molar-refractivity contribution is 5.99. The Balaban J connectivity index is 0. The average Bonchev–Trinajstić information content (AvgIpc) is 2.91. The Hall–Kier alpha value is -2.70. The van der Waals surface area contributed by atoms with Crippen molar-refractivity contribution in [3.8, 4) is 0 Å². The zero-order valence-corrected chi connectivity index (χ0v) is 25.4. The van der Waals surface area contributed by atoms with Gasteiger partial charge in [-0.2, -0.15) is 0 Å². The number of fused-ring (bicyclic) bond motifs is 1. The molecule has 0 aliphatic rings. The van der Waals surface area contributed by atoms with Crippen LogP contribution in [0.2, 0.25) is 0 Å². The largest absolute Gasteiger partial charge is 1.00 e. The van der Waals surface area contributed by atoms with Gasteiger partial charge in [-0.15, -0.1) is 0 Å². The highest BCUT2D eigenvalue weighted by Crippen LogP contribution is 2.15. The van der Waals surface area contributed by atoms with E-state index in [1.54, 1.807) is 6.20 Å². The van der Waals surface area contributed by atoms with Gasteiger partial charge in [0.2, 0.25) is 23.2 Å². The summed E-state index contributed by atoms with van der Waals surface area (Å²) in [5.74, 6) is -1.26. The number of hydrogen-bond donors (Lipinski definition) is 5. The minimum absolute atomic E-state index is 0. The SMILES string of the molecule is NCCN(CCN)C(=O)C[C@H](N)C(=O)N[C@H](CCc1ccccc1)C(=O)Nc1c[nH+]c2ccccc2c1.[Cl-].[Cl-].[Cl-].[Cl-]. The van der Waals surface area contributed by atoms with Crippen LogP contribution >= 0.6 is 0 Å². The Morgan fingerprint density at radius 1 is 0.854 bits per heavy atom. The summed E-state index contributed by atoms with van der Waals surface area (Å²) in [5, 5.41) is 6.56. The van der Waals surface area contributed by atoms with Crippen LogP contribution in [0.15, 0.2) is 66.9 Å². The quantitative estimate of drug-likeness (QED) is 0.123. The normalized spacial score (nSPS) is 11.3. The number of rotatable bonds is 13. The van der Waals surface area contributed by atoms with E-state index in [1.807, 2.05) is 60.7 Å². The lowest BCUT2D eigenvalue weighted by atomic mass is 10.0.